The van der Waals surface area contributed by atoms with Crippen molar-refractivity contribution in [2.75, 3.05) is 24.5 Å². The Labute approximate surface area is 192 Å². The third-order valence-corrected chi connectivity index (χ3v) is 6.26. The first-order valence-corrected chi connectivity index (χ1v) is 10.8. The summed E-state index contributed by atoms with van der Waals surface area (Å²) in [6, 6.07) is 7.22. The standard InChI is InChI=1S/C23H20F4N6O/c1-13-10-18(31-22(30-13)23(25,26)27)33-11-14-6-9-32(12-17(14)33)21(34)19-15(4-2-5-16(19)24)20-28-7-3-8-29-20/h2-5,7-8,10,14,17H,6,9,11-12H2,1H3. The summed E-state index contributed by atoms with van der Waals surface area (Å²) in [5.41, 5.74) is 0.387. The normalized spacial score (nSPS) is 20.0. The first-order valence-electron chi connectivity index (χ1n) is 10.8. The van der Waals surface area contributed by atoms with E-state index in [2.05, 4.69) is 19.9 Å². The zero-order valence-electron chi connectivity index (χ0n) is 18.1. The van der Waals surface area contributed by atoms with Gasteiger partial charge in [0.1, 0.15) is 11.6 Å². The van der Waals surface area contributed by atoms with E-state index in [1.807, 2.05) is 0 Å². The lowest BCUT2D eigenvalue weighted by molar-refractivity contribution is -0.145. The molecule has 7 nitrogen and oxygen atoms in total. The molecule has 0 radical (unpaired) electrons. The van der Waals surface area contributed by atoms with Crippen molar-refractivity contribution in [3.05, 3.63) is 65.6 Å². The van der Waals surface area contributed by atoms with Crippen LogP contribution in [-0.2, 0) is 6.18 Å². The number of halogens is 4. The number of amides is 1. The van der Waals surface area contributed by atoms with E-state index in [9.17, 15) is 22.4 Å². The molecule has 2 atom stereocenters. The molecule has 0 spiro atoms. The molecule has 4 heterocycles. The maximum absolute atomic E-state index is 14.8. The predicted molar refractivity (Wildman–Crippen MR) is 114 cm³/mol. The lowest BCUT2D eigenvalue weighted by Gasteiger charge is -2.54. The summed E-state index contributed by atoms with van der Waals surface area (Å²) in [6.07, 6.45) is -0.967. The minimum Gasteiger partial charge on any atom is -0.351 e. The highest BCUT2D eigenvalue weighted by Gasteiger charge is 2.45. The predicted octanol–water partition coefficient (Wildman–Crippen LogP) is 3.75. The van der Waals surface area contributed by atoms with E-state index in [0.29, 0.717) is 25.1 Å². The number of hydrogen-bond acceptors (Lipinski definition) is 6. The van der Waals surface area contributed by atoms with Crippen molar-refractivity contribution < 1.29 is 22.4 Å². The minimum absolute atomic E-state index is 0.115. The number of nitrogens with zero attached hydrogens (tertiary/aromatic N) is 6. The summed E-state index contributed by atoms with van der Waals surface area (Å²) in [7, 11) is 0. The molecule has 0 aliphatic carbocycles. The molecule has 1 aromatic carbocycles. The van der Waals surface area contributed by atoms with Crippen LogP contribution in [0, 0.1) is 18.7 Å². The van der Waals surface area contributed by atoms with E-state index in [0.717, 1.165) is 0 Å². The van der Waals surface area contributed by atoms with Gasteiger partial charge in [-0.1, -0.05) is 12.1 Å². The van der Waals surface area contributed by atoms with Crippen LogP contribution < -0.4 is 4.90 Å². The van der Waals surface area contributed by atoms with Gasteiger partial charge >= 0.3 is 6.18 Å². The number of rotatable bonds is 3. The fourth-order valence-electron chi connectivity index (χ4n) is 4.59. The fourth-order valence-corrected chi connectivity index (χ4v) is 4.59. The van der Waals surface area contributed by atoms with Crippen LogP contribution in [0.15, 0.2) is 42.7 Å². The zero-order valence-corrected chi connectivity index (χ0v) is 18.1. The van der Waals surface area contributed by atoms with Crippen LogP contribution in [-0.4, -0.2) is 56.4 Å². The Morgan fingerprint density at radius 2 is 1.85 bits per heavy atom. The molecule has 2 aliphatic heterocycles. The molecule has 2 aromatic heterocycles. The number of carbonyl (C=O) groups is 1. The Kier molecular flexibility index (Phi) is 5.41. The number of benzene rings is 1. The molecule has 2 unspecified atom stereocenters. The average Bonchev–Trinajstić information content (AvgIpc) is 2.79. The van der Waals surface area contributed by atoms with Gasteiger partial charge in [-0.25, -0.2) is 24.3 Å². The lowest BCUT2D eigenvalue weighted by atomic mass is 9.82. The quantitative estimate of drug-likeness (QED) is 0.541. The molecule has 5 rings (SSSR count). The number of carbonyl (C=O) groups excluding carboxylic acids is 1. The maximum atomic E-state index is 14.8. The summed E-state index contributed by atoms with van der Waals surface area (Å²) in [5, 5.41) is 0. The first kappa shape index (κ1) is 22.2. The van der Waals surface area contributed by atoms with Crippen LogP contribution in [0.3, 0.4) is 0 Å². The van der Waals surface area contributed by atoms with Gasteiger partial charge in [0.2, 0.25) is 5.82 Å². The van der Waals surface area contributed by atoms with E-state index in [1.165, 1.54) is 42.4 Å². The fraction of sp³-hybridized carbons (Fsp3) is 0.348. The molecule has 0 saturated carbocycles. The monoisotopic (exact) mass is 472 g/mol. The van der Waals surface area contributed by atoms with Gasteiger partial charge in [-0.2, -0.15) is 13.2 Å². The van der Waals surface area contributed by atoms with Crippen molar-refractivity contribution in [3.63, 3.8) is 0 Å². The second-order valence-electron chi connectivity index (χ2n) is 8.44. The van der Waals surface area contributed by atoms with Crippen molar-refractivity contribution in [3.8, 4) is 11.4 Å². The smallest absolute Gasteiger partial charge is 0.351 e. The van der Waals surface area contributed by atoms with E-state index in [-0.39, 0.29) is 41.4 Å². The number of alkyl halides is 3. The van der Waals surface area contributed by atoms with Crippen LogP contribution in [0.25, 0.3) is 11.4 Å². The Hall–Kier alpha value is -3.63. The van der Waals surface area contributed by atoms with Crippen LogP contribution in [0.1, 0.15) is 28.3 Å². The van der Waals surface area contributed by atoms with Crippen molar-refractivity contribution in [2.24, 2.45) is 5.92 Å². The zero-order chi connectivity index (χ0) is 24.0. The van der Waals surface area contributed by atoms with Crippen molar-refractivity contribution in [1.29, 1.82) is 0 Å². The molecular formula is C23H20F4N6O. The number of likely N-dealkylation sites (tertiary alicyclic amines) is 1. The molecular weight excluding hydrogens is 452 g/mol. The number of aromatic nitrogens is 4. The van der Waals surface area contributed by atoms with Gasteiger partial charge in [0.25, 0.3) is 5.91 Å². The number of piperidine rings is 1. The Balaban J connectivity index is 1.41. The summed E-state index contributed by atoms with van der Waals surface area (Å²) in [4.78, 5) is 32.2. The van der Waals surface area contributed by atoms with Crippen LogP contribution >= 0.6 is 0 Å². The SMILES string of the molecule is Cc1cc(N2CC3CCN(C(=O)c4c(F)cccc4-c4ncccn4)CC32)nc(C(F)(F)F)n1. The summed E-state index contributed by atoms with van der Waals surface area (Å²) < 4.78 is 54.4. The third kappa shape index (κ3) is 3.95. The van der Waals surface area contributed by atoms with Gasteiger partial charge in [0.15, 0.2) is 5.82 Å². The van der Waals surface area contributed by atoms with Crippen molar-refractivity contribution >= 4 is 11.7 Å². The molecule has 0 N–H and O–H groups in total. The van der Waals surface area contributed by atoms with E-state index >= 15 is 0 Å². The second kappa shape index (κ2) is 8.30. The number of hydrogen-bond donors (Lipinski definition) is 0. The van der Waals surface area contributed by atoms with Crippen LogP contribution in [0.5, 0.6) is 0 Å². The maximum Gasteiger partial charge on any atom is 0.451 e. The average molecular weight is 472 g/mol. The number of anilines is 1. The number of fused-ring (bicyclic) bond motifs is 1. The Morgan fingerprint density at radius 1 is 1.09 bits per heavy atom. The summed E-state index contributed by atoms with van der Waals surface area (Å²) in [5.74, 6) is -1.73. The molecule has 2 saturated heterocycles. The van der Waals surface area contributed by atoms with Gasteiger partial charge in [-0.3, -0.25) is 4.79 Å². The van der Waals surface area contributed by atoms with Gasteiger partial charge in [-0.15, -0.1) is 0 Å². The molecule has 34 heavy (non-hydrogen) atoms. The Bertz CT molecular complexity index is 1240. The highest BCUT2D eigenvalue weighted by Crippen LogP contribution is 2.38. The van der Waals surface area contributed by atoms with Crippen molar-refractivity contribution in [1.82, 2.24) is 24.8 Å². The lowest BCUT2D eigenvalue weighted by Crippen LogP contribution is -2.65. The largest absolute Gasteiger partial charge is 0.451 e. The van der Waals surface area contributed by atoms with Gasteiger partial charge in [0, 0.05) is 55.3 Å². The Morgan fingerprint density at radius 3 is 2.59 bits per heavy atom. The molecule has 176 valence electrons. The van der Waals surface area contributed by atoms with Gasteiger partial charge in [0.05, 0.1) is 11.6 Å². The van der Waals surface area contributed by atoms with E-state index in [4.69, 9.17) is 0 Å². The molecule has 2 aliphatic rings. The highest BCUT2D eigenvalue weighted by molar-refractivity contribution is 6.00. The molecule has 1 amide bonds. The first-order chi connectivity index (χ1) is 16.2. The second-order valence-corrected chi connectivity index (χ2v) is 8.44. The third-order valence-electron chi connectivity index (χ3n) is 6.26. The topological polar surface area (TPSA) is 75.1 Å². The van der Waals surface area contributed by atoms with Crippen LogP contribution in [0.2, 0.25) is 0 Å². The molecule has 11 heteroatoms. The van der Waals surface area contributed by atoms with E-state index < -0.39 is 23.7 Å². The van der Waals surface area contributed by atoms with Crippen molar-refractivity contribution in [2.45, 2.75) is 25.6 Å². The van der Waals surface area contributed by atoms with E-state index in [1.54, 1.807) is 17.0 Å². The molecule has 0 bridgehead atoms. The van der Waals surface area contributed by atoms with Crippen LogP contribution in [0.4, 0.5) is 23.4 Å². The van der Waals surface area contributed by atoms with Gasteiger partial charge < -0.3 is 9.80 Å². The molecule has 3 aromatic rings. The van der Waals surface area contributed by atoms with Gasteiger partial charge in [-0.05, 0) is 25.5 Å². The highest BCUT2D eigenvalue weighted by atomic mass is 19.4. The summed E-state index contributed by atoms with van der Waals surface area (Å²) >= 11 is 0. The minimum atomic E-state index is -4.65. The summed E-state index contributed by atoms with van der Waals surface area (Å²) in [6.45, 7) is 2.70. The molecule has 2 fully saturated rings. The number of aryl methyl sites for hydroxylation is 1.